The molecule has 0 radical (unpaired) electrons. The van der Waals surface area contributed by atoms with Crippen LogP contribution in [0.5, 0.6) is 0 Å². The van der Waals surface area contributed by atoms with Gasteiger partial charge in [-0.3, -0.25) is 14.5 Å². The molecule has 0 unspecified atom stereocenters. The molecule has 2 N–H and O–H groups in total. The predicted octanol–water partition coefficient (Wildman–Crippen LogP) is 2.24. The van der Waals surface area contributed by atoms with Gasteiger partial charge in [0.1, 0.15) is 18.2 Å². The Balaban J connectivity index is 2.04. The third-order valence-corrected chi connectivity index (χ3v) is 4.19. The standard InChI is InChI=1S/C18H22N4O3/c1-12(2)8-9-18(3)16(24)22(17(25)21-18)11-15(23)20-14-7-5-4-6-13(14)10-19/h4-7,12H,8-9,11H2,1-3H3,(H,20,23)(H,21,25)/t18-/m0/s1. The lowest BCUT2D eigenvalue weighted by Gasteiger charge is -2.22. The highest BCUT2D eigenvalue weighted by molar-refractivity contribution is 6.10. The zero-order valence-electron chi connectivity index (χ0n) is 14.6. The van der Waals surface area contributed by atoms with E-state index in [4.69, 9.17) is 5.26 Å². The number of hydrogen-bond acceptors (Lipinski definition) is 4. The van der Waals surface area contributed by atoms with E-state index in [1.165, 1.54) is 0 Å². The predicted molar refractivity (Wildman–Crippen MR) is 92.5 cm³/mol. The first-order chi connectivity index (χ1) is 11.8. The number of amides is 4. The summed E-state index contributed by atoms with van der Waals surface area (Å²) < 4.78 is 0. The number of nitriles is 1. The van der Waals surface area contributed by atoms with Crippen LogP contribution in [0.4, 0.5) is 10.5 Å². The monoisotopic (exact) mass is 342 g/mol. The Morgan fingerprint density at radius 2 is 2.04 bits per heavy atom. The van der Waals surface area contributed by atoms with Gasteiger partial charge in [0.15, 0.2) is 0 Å². The Morgan fingerprint density at radius 3 is 2.68 bits per heavy atom. The molecule has 25 heavy (non-hydrogen) atoms. The number of hydrogen-bond donors (Lipinski definition) is 2. The molecular formula is C18H22N4O3. The van der Waals surface area contributed by atoms with E-state index in [-0.39, 0.29) is 6.54 Å². The highest BCUT2D eigenvalue weighted by Gasteiger charge is 2.47. The molecule has 0 bridgehead atoms. The Morgan fingerprint density at radius 1 is 1.36 bits per heavy atom. The molecule has 1 aliphatic heterocycles. The molecule has 7 nitrogen and oxygen atoms in total. The summed E-state index contributed by atoms with van der Waals surface area (Å²) in [7, 11) is 0. The van der Waals surface area contributed by atoms with Crippen molar-refractivity contribution in [3.63, 3.8) is 0 Å². The van der Waals surface area contributed by atoms with Crippen molar-refractivity contribution < 1.29 is 14.4 Å². The first-order valence-electron chi connectivity index (χ1n) is 8.20. The smallest absolute Gasteiger partial charge is 0.323 e. The first-order valence-corrected chi connectivity index (χ1v) is 8.20. The number of nitrogens with zero attached hydrogens (tertiary/aromatic N) is 2. The Hall–Kier alpha value is -2.88. The molecule has 2 rings (SSSR count). The average Bonchev–Trinajstić information content (AvgIpc) is 2.77. The van der Waals surface area contributed by atoms with Gasteiger partial charge in [-0.25, -0.2) is 4.79 Å². The molecule has 1 atom stereocenters. The topological polar surface area (TPSA) is 102 Å². The maximum absolute atomic E-state index is 12.6. The van der Waals surface area contributed by atoms with Crippen molar-refractivity contribution in [1.82, 2.24) is 10.2 Å². The molecule has 0 aromatic heterocycles. The first kappa shape index (κ1) is 18.5. The molecule has 1 aliphatic rings. The minimum atomic E-state index is -0.980. The van der Waals surface area contributed by atoms with E-state index in [0.29, 0.717) is 23.6 Å². The van der Waals surface area contributed by atoms with Crippen molar-refractivity contribution in [3.8, 4) is 6.07 Å². The fourth-order valence-electron chi connectivity index (χ4n) is 2.66. The van der Waals surface area contributed by atoms with Crippen LogP contribution in [0.3, 0.4) is 0 Å². The molecule has 0 aliphatic carbocycles. The zero-order chi connectivity index (χ0) is 18.6. The summed E-state index contributed by atoms with van der Waals surface area (Å²) in [5.41, 5.74) is -0.314. The van der Waals surface area contributed by atoms with Crippen LogP contribution in [0.25, 0.3) is 0 Å². The highest BCUT2D eigenvalue weighted by atomic mass is 16.2. The van der Waals surface area contributed by atoms with E-state index in [1.807, 2.05) is 19.9 Å². The maximum atomic E-state index is 12.6. The van der Waals surface area contributed by atoms with Crippen LogP contribution in [0.2, 0.25) is 0 Å². The number of benzene rings is 1. The van der Waals surface area contributed by atoms with Crippen LogP contribution in [-0.2, 0) is 9.59 Å². The summed E-state index contributed by atoms with van der Waals surface area (Å²) in [4.78, 5) is 37.8. The van der Waals surface area contributed by atoms with Crippen LogP contribution in [-0.4, -0.2) is 34.8 Å². The summed E-state index contributed by atoms with van der Waals surface area (Å²) in [5.74, 6) is -0.525. The van der Waals surface area contributed by atoms with Crippen molar-refractivity contribution in [3.05, 3.63) is 29.8 Å². The van der Waals surface area contributed by atoms with Crippen molar-refractivity contribution in [2.24, 2.45) is 5.92 Å². The van der Waals surface area contributed by atoms with Gasteiger partial charge >= 0.3 is 6.03 Å². The number of carbonyl (C=O) groups excluding carboxylic acids is 3. The molecule has 1 heterocycles. The highest BCUT2D eigenvalue weighted by Crippen LogP contribution is 2.24. The van der Waals surface area contributed by atoms with Crippen molar-refractivity contribution in [2.45, 2.75) is 39.2 Å². The maximum Gasteiger partial charge on any atom is 0.325 e. The van der Waals surface area contributed by atoms with E-state index in [2.05, 4.69) is 10.6 Å². The third kappa shape index (κ3) is 4.15. The van der Waals surface area contributed by atoms with Gasteiger partial charge < -0.3 is 10.6 Å². The van der Waals surface area contributed by atoms with Gasteiger partial charge in [0, 0.05) is 0 Å². The molecule has 132 valence electrons. The largest absolute Gasteiger partial charge is 0.325 e. The molecule has 0 saturated carbocycles. The molecule has 1 fully saturated rings. The summed E-state index contributed by atoms with van der Waals surface area (Å²) in [6, 6.07) is 7.95. The second-order valence-electron chi connectivity index (χ2n) is 6.79. The molecule has 1 saturated heterocycles. The Kier molecular flexibility index (Phi) is 5.42. The van der Waals surface area contributed by atoms with Crippen LogP contribution in [0.15, 0.2) is 24.3 Å². The number of carbonyl (C=O) groups is 3. The van der Waals surface area contributed by atoms with E-state index >= 15 is 0 Å². The van der Waals surface area contributed by atoms with Gasteiger partial charge in [-0.05, 0) is 37.8 Å². The van der Waals surface area contributed by atoms with Gasteiger partial charge in [0.2, 0.25) is 5.91 Å². The lowest BCUT2D eigenvalue weighted by atomic mass is 9.92. The third-order valence-electron chi connectivity index (χ3n) is 4.19. The minimum Gasteiger partial charge on any atom is -0.323 e. The zero-order valence-corrected chi connectivity index (χ0v) is 14.6. The van der Waals surface area contributed by atoms with Gasteiger partial charge in [-0.2, -0.15) is 5.26 Å². The van der Waals surface area contributed by atoms with Crippen LogP contribution < -0.4 is 10.6 Å². The van der Waals surface area contributed by atoms with E-state index in [0.717, 1.165) is 11.3 Å². The molecular weight excluding hydrogens is 320 g/mol. The number of nitrogens with one attached hydrogen (secondary N) is 2. The Bertz CT molecular complexity index is 738. The molecule has 1 aromatic carbocycles. The molecule has 1 aromatic rings. The second-order valence-corrected chi connectivity index (χ2v) is 6.79. The number of rotatable bonds is 6. The summed E-state index contributed by atoms with van der Waals surface area (Å²) in [6.45, 7) is 5.38. The molecule has 0 spiro atoms. The van der Waals surface area contributed by atoms with Crippen LogP contribution in [0.1, 0.15) is 39.2 Å². The van der Waals surface area contributed by atoms with Crippen molar-refractivity contribution >= 4 is 23.5 Å². The van der Waals surface area contributed by atoms with E-state index < -0.39 is 23.4 Å². The fourth-order valence-corrected chi connectivity index (χ4v) is 2.66. The van der Waals surface area contributed by atoms with Crippen molar-refractivity contribution in [2.75, 3.05) is 11.9 Å². The summed E-state index contributed by atoms with van der Waals surface area (Å²) in [5, 5.41) is 14.3. The van der Waals surface area contributed by atoms with E-state index in [9.17, 15) is 14.4 Å². The number of imide groups is 1. The lowest BCUT2D eigenvalue weighted by molar-refractivity contribution is -0.133. The molecule has 7 heteroatoms. The van der Waals surface area contributed by atoms with Gasteiger partial charge in [0.25, 0.3) is 5.91 Å². The quantitative estimate of drug-likeness (QED) is 0.774. The number of para-hydroxylation sites is 1. The van der Waals surface area contributed by atoms with Crippen LogP contribution in [0, 0.1) is 17.2 Å². The second kappa shape index (κ2) is 7.34. The van der Waals surface area contributed by atoms with Gasteiger partial charge in [-0.1, -0.05) is 26.0 Å². The fraction of sp³-hybridized carbons (Fsp3) is 0.444. The van der Waals surface area contributed by atoms with Crippen LogP contribution >= 0.6 is 0 Å². The minimum absolute atomic E-state index is 0.315. The van der Waals surface area contributed by atoms with Gasteiger partial charge in [0.05, 0.1) is 11.3 Å². The Labute approximate surface area is 147 Å². The number of anilines is 1. The lowest BCUT2D eigenvalue weighted by Crippen LogP contribution is -2.44. The summed E-state index contributed by atoms with van der Waals surface area (Å²) >= 11 is 0. The SMILES string of the molecule is CC(C)CC[C@]1(C)NC(=O)N(CC(=O)Nc2ccccc2C#N)C1=O. The van der Waals surface area contributed by atoms with E-state index in [1.54, 1.807) is 31.2 Å². The molecule has 4 amide bonds. The average molecular weight is 342 g/mol. The summed E-state index contributed by atoms with van der Waals surface area (Å²) in [6.07, 6.45) is 1.31. The van der Waals surface area contributed by atoms with Crippen molar-refractivity contribution in [1.29, 1.82) is 5.26 Å². The van der Waals surface area contributed by atoms with Gasteiger partial charge in [-0.15, -0.1) is 0 Å². The normalized spacial score (nSPS) is 19.7. The number of urea groups is 1.